The van der Waals surface area contributed by atoms with Gasteiger partial charge >= 0.3 is 5.97 Å². The van der Waals surface area contributed by atoms with Crippen molar-refractivity contribution < 1.29 is 19.4 Å². The zero-order chi connectivity index (χ0) is 13.4. The Kier molecular flexibility index (Phi) is 3.49. The smallest absolute Gasteiger partial charge is 0.314 e. The van der Waals surface area contributed by atoms with E-state index in [4.69, 9.17) is 9.47 Å². The van der Waals surface area contributed by atoms with Crippen molar-refractivity contribution in [2.75, 3.05) is 14.2 Å². The first-order valence-corrected chi connectivity index (χ1v) is 6.37. The molecule has 4 nitrogen and oxygen atoms in total. The van der Waals surface area contributed by atoms with E-state index in [1.54, 1.807) is 0 Å². The Bertz CT molecular complexity index is 443. The van der Waals surface area contributed by atoms with Gasteiger partial charge in [0.05, 0.1) is 0 Å². The first-order valence-electron chi connectivity index (χ1n) is 5.58. The van der Waals surface area contributed by atoms with Crippen LogP contribution >= 0.6 is 15.9 Å². The van der Waals surface area contributed by atoms with E-state index in [9.17, 15) is 9.90 Å². The number of hydrogen-bond acceptors (Lipinski definition) is 3. The average Bonchev–Trinajstić information content (AvgIpc) is 2.31. The van der Waals surface area contributed by atoms with E-state index in [2.05, 4.69) is 15.9 Å². The summed E-state index contributed by atoms with van der Waals surface area (Å²) in [5.74, 6) is -1.61. The largest absolute Gasteiger partial charge is 0.481 e. The molecular formula is C13H15BrO4. The molecule has 1 saturated carbocycles. The highest BCUT2D eigenvalue weighted by Gasteiger charge is 2.61. The van der Waals surface area contributed by atoms with E-state index in [1.165, 1.54) is 14.2 Å². The highest BCUT2D eigenvalue weighted by Crippen LogP contribution is 2.52. The molecule has 0 heterocycles. The molecule has 5 heteroatoms. The summed E-state index contributed by atoms with van der Waals surface area (Å²) >= 11 is 3.34. The molecular weight excluding hydrogens is 300 g/mol. The van der Waals surface area contributed by atoms with Crippen LogP contribution in [0.3, 0.4) is 0 Å². The third-order valence-corrected chi connectivity index (χ3v) is 4.22. The van der Waals surface area contributed by atoms with Crippen LogP contribution in [0.2, 0.25) is 0 Å². The van der Waals surface area contributed by atoms with Crippen LogP contribution in [0, 0.1) is 0 Å². The standard InChI is InChI=1S/C13H15BrO4/c1-17-13(18-2)7-12(8-13,11(15)16)9-3-5-10(14)6-4-9/h3-6H,7-8H2,1-2H3,(H,15,16). The van der Waals surface area contributed by atoms with Crippen molar-refractivity contribution in [3.63, 3.8) is 0 Å². The Morgan fingerprint density at radius 3 is 2.11 bits per heavy atom. The number of benzene rings is 1. The molecule has 0 atom stereocenters. The van der Waals surface area contributed by atoms with Gasteiger partial charge in [-0.05, 0) is 17.7 Å². The minimum absolute atomic E-state index is 0.323. The summed E-state index contributed by atoms with van der Waals surface area (Å²) in [5.41, 5.74) is -0.130. The zero-order valence-electron chi connectivity index (χ0n) is 10.3. The molecule has 1 aromatic carbocycles. The van der Waals surface area contributed by atoms with E-state index in [0.29, 0.717) is 12.8 Å². The molecule has 0 unspecified atom stereocenters. The fourth-order valence-electron chi connectivity index (χ4n) is 2.49. The van der Waals surface area contributed by atoms with E-state index in [1.807, 2.05) is 24.3 Å². The second kappa shape index (κ2) is 4.64. The number of carboxylic acid groups (broad SMARTS) is 1. The normalized spacial score (nSPS) is 20.2. The highest BCUT2D eigenvalue weighted by molar-refractivity contribution is 9.10. The van der Waals surface area contributed by atoms with E-state index in [0.717, 1.165) is 10.0 Å². The Hall–Kier alpha value is -0.910. The molecule has 98 valence electrons. The summed E-state index contributed by atoms with van der Waals surface area (Å²) in [4.78, 5) is 11.6. The lowest BCUT2D eigenvalue weighted by atomic mass is 9.60. The number of hydrogen-bond donors (Lipinski definition) is 1. The summed E-state index contributed by atoms with van der Waals surface area (Å²) in [6.45, 7) is 0. The van der Waals surface area contributed by atoms with Gasteiger partial charge in [0, 0.05) is 31.5 Å². The Morgan fingerprint density at radius 2 is 1.72 bits per heavy atom. The van der Waals surface area contributed by atoms with Crippen molar-refractivity contribution in [3.05, 3.63) is 34.3 Å². The molecule has 1 aliphatic rings. The topological polar surface area (TPSA) is 55.8 Å². The lowest BCUT2D eigenvalue weighted by Gasteiger charge is -2.51. The molecule has 0 spiro atoms. The third-order valence-electron chi connectivity index (χ3n) is 3.69. The minimum atomic E-state index is -0.910. The number of aliphatic carboxylic acids is 1. The van der Waals surface area contributed by atoms with Gasteiger partial charge in [-0.3, -0.25) is 4.79 Å². The van der Waals surface area contributed by atoms with Crippen molar-refractivity contribution in [1.82, 2.24) is 0 Å². The van der Waals surface area contributed by atoms with Gasteiger partial charge in [-0.15, -0.1) is 0 Å². The zero-order valence-corrected chi connectivity index (χ0v) is 11.9. The van der Waals surface area contributed by atoms with Gasteiger partial charge in [-0.2, -0.15) is 0 Å². The van der Waals surface area contributed by atoms with Gasteiger partial charge in [-0.25, -0.2) is 0 Å². The van der Waals surface area contributed by atoms with Crippen LogP contribution < -0.4 is 0 Å². The lowest BCUT2D eigenvalue weighted by Crippen LogP contribution is -2.60. The van der Waals surface area contributed by atoms with Crippen LogP contribution in [0.25, 0.3) is 0 Å². The number of carbonyl (C=O) groups is 1. The molecule has 0 bridgehead atoms. The molecule has 0 radical (unpaired) electrons. The summed E-state index contributed by atoms with van der Waals surface area (Å²) < 4.78 is 11.5. The van der Waals surface area contributed by atoms with E-state index < -0.39 is 17.2 Å². The van der Waals surface area contributed by atoms with Crippen LogP contribution in [0.5, 0.6) is 0 Å². The molecule has 0 amide bonds. The predicted octanol–water partition coefficient (Wildman–Crippen LogP) is 2.55. The van der Waals surface area contributed by atoms with Crippen LogP contribution in [-0.4, -0.2) is 31.1 Å². The minimum Gasteiger partial charge on any atom is -0.481 e. The fraction of sp³-hybridized carbons (Fsp3) is 0.462. The summed E-state index contributed by atoms with van der Waals surface area (Å²) in [6.07, 6.45) is 0.647. The highest BCUT2D eigenvalue weighted by atomic mass is 79.9. The summed E-state index contributed by atoms with van der Waals surface area (Å²) in [6, 6.07) is 7.35. The molecule has 2 rings (SSSR count). The Morgan fingerprint density at radius 1 is 1.22 bits per heavy atom. The predicted molar refractivity (Wildman–Crippen MR) is 69.4 cm³/mol. The van der Waals surface area contributed by atoms with Gasteiger partial charge < -0.3 is 14.6 Å². The summed E-state index contributed by atoms with van der Waals surface area (Å²) in [7, 11) is 3.08. The first-order chi connectivity index (χ1) is 8.48. The lowest BCUT2D eigenvalue weighted by molar-refractivity contribution is -0.277. The molecule has 1 N–H and O–H groups in total. The molecule has 1 fully saturated rings. The van der Waals surface area contributed by atoms with Crippen molar-refractivity contribution in [3.8, 4) is 0 Å². The fourth-order valence-corrected chi connectivity index (χ4v) is 2.75. The van der Waals surface area contributed by atoms with Crippen LogP contribution in [0.15, 0.2) is 28.7 Å². The molecule has 18 heavy (non-hydrogen) atoms. The Balaban J connectivity index is 2.32. The van der Waals surface area contributed by atoms with Crippen molar-refractivity contribution >= 4 is 21.9 Å². The molecule has 1 aromatic rings. The van der Waals surface area contributed by atoms with Crippen molar-refractivity contribution in [1.29, 1.82) is 0 Å². The van der Waals surface area contributed by atoms with Crippen LogP contribution in [-0.2, 0) is 19.7 Å². The van der Waals surface area contributed by atoms with Gasteiger partial charge in [0.2, 0.25) is 0 Å². The SMILES string of the molecule is COC1(OC)CC(C(=O)O)(c2ccc(Br)cc2)C1. The van der Waals surface area contributed by atoms with Gasteiger partial charge in [0.15, 0.2) is 5.79 Å². The second-order valence-corrected chi connectivity index (χ2v) is 5.48. The van der Waals surface area contributed by atoms with Crippen molar-refractivity contribution in [2.45, 2.75) is 24.0 Å². The van der Waals surface area contributed by atoms with Gasteiger partial charge in [0.1, 0.15) is 5.41 Å². The molecule has 1 aliphatic carbocycles. The maximum absolute atomic E-state index is 11.6. The van der Waals surface area contributed by atoms with E-state index >= 15 is 0 Å². The Labute approximate surface area is 114 Å². The van der Waals surface area contributed by atoms with Gasteiger partial charge in [-0.1, -0.05) is 28.1 Å². The number of ether oxygens (including phenoxy) is 2. The number of rotatable bonds is 4. The monoisotopic (exact) mass is 314 g/mol. The molecule has 0 aliphatic heterocycles. The van der Waals surface area contributed by atoms with Crippen molar-refractivity contribution in [2.24, 2.45) is 0 Å². The number of methoxy groups -OCH3 is 2. The quantitative estimate of drug-likeness (QED) is 0.868. The molecule has 0 saturated heterocycles. The first kappa shape index (κ1) is 13.5. The number of carboxylic acids is 1. The van der Waals surface area contributed by atoms with Crippen LogP contribution in [0.1, 0.15) is 18.4 Å². The maximum Gasteiger partial charge on any atom is 0.314 e. The second-order valence-electron chi connectivity index (χ2n) is 4.57. The van der Waals surface area contributed by atoms with Gasteiger partial charge in [0.25, 0.3) is 0 Å². The maximum atomic E-state index is 11.6. The summed E-state index contributed by atoms with van der Waals surface area (Å²) in [5, 5.41) is 9.51. The number of halogens is 1. The van der Waals surface area contributed by atoms with Crippen LogP contribution in [0.4, 0.5) is 0 Å². The van der Waals surface area contributed by atoms with E-state index in [-0.39, 0.29) is 0 Å². The third kappa shape index (κ3) is 1.96. The average molecular weight is 315 g/mol. The molecule has 0 aromatic heterocycles.